The van der Waals surface area contributed by atoms with Crippen LogP contribution < -0.4 is 10.2 Å². The van der Waals surface area contributed by atoms with Crippen molar-refractivity contribution < 1.29 is 31.1 Å². The van der Waals surface area contributed by atoms with Gasteiger partial charge in [0.05, 0.1) is 0 Å². The summed E-state index contributed by atoms with van der Waals surface area (Å²) in [5.41, 5.74) is 4.74. The molecule has 0 heterocycles. The van der Waals surface area contributed by atoms with E-state index in [4.69, 9.17) is 0 Å². The zero-order chi connectivity index (χ0) is 29.8. The Labute approximate surface area is 240 Å². The molecule has 4 rings (SSSR count). The number of nitrogens with one attached hydrogen (secondary N) is 1. The van der Waals surface area contributed by atoms with Gasteiger partial charge in [0, 0.05) is 42.7 Å². The first-order chi connectivity index (χ1) is 19.4. The standard InChI is InChI=1S/C30H30N2O7S2/c1-3-31-24-11-7-22(8-12-24)30(28-18-15-26(33)19-29(28)41(37,38)39)23-9-13-25(14-10-23)32(4-2)20-21-5-16-27(17-6-21)40(34,35)36/h5-19H,3-4,20H2,1-2H3,(H3-,31,33,34,35,36,37,38,39)/p+1. The highest BCUT2D eigenvalue weighted by Gasteiger charge is 2.26. The minimum Gasteiger partial charge on any atom is -0.385 e. The van der Waals surface area contributed by atoms with Crippen molar-refractivity contribution >= 4 is 43.3 Å². The Balaban J connectivity index is 1.74. The lowest BCUT2D eigenvalue weighted by Gasteiger charge is -2.24. The predicted octanol–water partition coefficient (Wildman–Crippen LogP) is 5.66. The molecule has 0 spiro atoms. The number of nitrogens with zero attached hydrogens (tertiary/aromatic N) is 1. The summed E-state index contributed by atoms with van der Waals surface area (Å²) in [6.45, 7) is 5.85. The van der Waals surface area contributed by atoms with Crippen LogP contribution in [0.1, 0.15) is 30.5 Å². The molecule has 11 heteroatoms. The van der Waals surface area contributed by atoms with E-state index in [2.05, 4.69) is 10.2 Å². The highest BCUT2D eigenvalue weighted by atomic mass is 32.3. The maximum atomic E-state index is 12.3. The molecule has 4 N–H and O–H groups in total. The summed E-state index contributed by atoms with van der Waals surface area (Å²) in [5.74, 6) is -0.537. The Morgan fingerprint density at radius 2 is 1.46 bits per heavy atom. The number of hydrogen-bond acceptors (Lipinski definition) is 6. The van der Waals surface area contributed by atoms with E-state index >= 15 is 0 Å². The van der Waals surface area contributed by atoms with Gasteiger partial charge < -0.3 is 10.2 Å². The van der Waals surface area contributed by atoms with Crippen molar-refractivity contribution in [2.45, 2.75) is 25.3 Å². The van der Waals surface area contributed by atoms with Gasteiger partial charge >= 0.3 is 10.5 Å². The van der Waals surface area contributed by atoms with Crippen molar-refractivity contribution in [1.82, 2.24) is 0 Å². The minimum absolute atomic E-state index is 0.0653. The Morgan fingerprint density at radius 1 is 0.878 bits per heavy atom. The maximum Gasteiger partial charge on any atom is 0.386 e. The van der Waals surface area contributed by atoms with Crippen LogP contribution in [0.3, 0.4) is 0 Å². The molecular formula is C30H31N2O7S2+. The lowest BCUT2D eigenvalue weighted by atomic mass is 9.90. The second kappa shape index (κ2) is 12.3. The third-order valence-electron chi connectivity index (χ3n) is 6.56. The zero-order valence-corrected chi connectivity index (χ0v) is 24.2. The highest BCUT2D eigenvalue weighted by Crippen LogP contribution is 2.36. The number of ketones is 1. The van der Waals surface area contributed by atoms with Gasteiger partial charge in [-0.1, -0.05) is 36.4 Å². The van der Waals surface area contributed by atoms with Crippen molar-refractivity contribution in [2.75, 3.05) is 23.3 Å². The Hall–Kier alpha value is -3.87. The summed E-state index contributed by atoms with van der Waals surface area (Å²) in [6.07, 6.45) is 3.59. The first-order valence-corrected chi connectivity index (χ1v) is 15.8. The fourth-order valence-corrected chi connectivity index (χ4v) is 5.78. The number of carbonyl (C=O) groups excluding carboxylic acids is 1. The molecule has 0 saturated heterocycles. The van der Waals surface area contributed by atoms with Crippen LogP contribution in [-0.2, 0) is 36.2 Å². The monoisotopic (exact) mass is 595 g/mol. The molecule has 1 aliphatic rings. The van der Waals surface area contributed by atoms with E-state index in [1.54, 1.807) is 12.1 Å². The molecule has 0 fully saturated rings. The molecule has 0 unspecified atom stereocenters. The number of carbonyl (C=O) groups is 1. The Bertz CT molecular complexity index is 1670. The molecule has 3 aromatic carbocycles. The number of benzene rings is 3. The molecule has 41 heavy (non-hydrogen) atoms. The van der Waals surface area contributed by atoms with Crippen LogP contribution in [0.25, 0.3) is 5.57 Å². The van der Waals surface area contributed by atoms with Crippen LogP contribution in [-0.4, -0.2) is 40.9 Å². The molecule has 0 bridgehead atoms. The molecular weight excluding hydrogens is 564 g/mol. The molecule has 214 valence electrons. The average molecular weight is 596 g/mol. The lowest BCUT2D eigenvalue weighted by molar-refractivity contribution is -0.110. The van der Waals surface area contributed by atoms with Gasteiger partial charge in [0.2, 0.25) is 4.90 Å². The van der Waals surface area contributed by atoms with E-state index in [0.717, 1.165) is 29.6 Å². The molecule has 0 atom stereocenters. The van der Waals surface area contributed by atoms with Gasteiger partial charge in [-0.15, -0.1) is 0 Å². The fraction of sp³-hybridized carbons (Fsp3) is 0.167. The number of anilines is 2. The van der Waals surface area contributed by atoms with Gasteiger partial charge in [-0.25, -0.2) is 0 Å². The molecule has 3 aromatic rings. The summed E-state index contributed by atoms with van der Waals surface area (Å²) in [6, 6.07) is 21.1. The van der Waals surface area contributed by atoms with Crippen LogP contribution in [0.2, 0.25) is 0 Å². The number of allylic oxidation sites excluding steroid dienone is 4. The first-order valence-electron chi connectivity index (χ1n) is 12.8. The highest BCUT2D eigenvalue weighted by molar-refractivity contribution is 7.92. The van der Waals surface area contributed by atoms with Crippen LogP contribution in [0.4, 0.5) is 11.4 Å². The van der Waals surface area contributed by atoms with Crippen molar-refractivity contribution in [3.05, 3.63) is 118 Å². The molecule has 1 aliphatic carbocycles. The molecule has 0 aromatic heterocycles. The van der Waals surface area contributed by atoms with E-state index in [1.807, 2.05) is 62.4 Å². The normalized spacial score (nSPS) is 15.0. The average Bonchev–Trinajstić information content (AvgIpc) is 2.93. The largest absolute Gasteiger partial charge is 0.386 e. The third-order valence-corrected chi connectivity index (χ3v) is 8.34. The van der Waals surface area contributed by atoms with Crippen molar-refractivity contribution in [3.63, 3.8) is 0 Å². The lowest BCUT2D eigenvalue weighted by Crippen LogP contribution is -2.22. The van der Waals surface area contributed by atoms with Gasteiger partial charge in [0.1, 0.15) is 4.91 Å². The van der Waals surface area contributed by atoms with Gasteiger partial charge in [0.25, 0.3) is 10.1 Å². The second-order valence-corrected chi connectivity index (χ2v) is 12.2. The molecule has 0 amide bonds. The minimum atomic E-state index is -4.70. The van der Waals surface area contributed by atoms with Gasteiger partial charge in [0.15, 0.2) is 5.78 Å². The zero-order valence-electron chi connectivity index (χ0n) is 22.5. The van der Waals surface area contributed by atoms with E-state index in [9.17, 15) is 31.1 Å². The topological polar surface area (TPSA) is 144 Å². The molecule has 9 nitrogen and oxygen atoms in total. The molecule has 0 saturated carbocycles. The van der Waals surface area contributed by atoms with E-state index in [-0.39, 0.29) is 10.5 Å². The molecule has 0 radical (unpaired) electrons. The summed E-state index contributed by atoms with van der Waals surface area (Å²) in [5, 5.41) is 3.22. The van der Waals surface area contributed by atoms with E-state index in [1.165, 1.54) is 24.3 Å². The predicted molar refractivity (Wildman–Crippen MR) is 162 cm³/mol. The Morgan fingerprint density at radius 3 is 1.98 bits per heavy atom. The SMILES string of the molecule is CCNc1ccc(C(=C2C=CC(=O)C=C2S(=O)(=O)O)c2ccc(N(CC)Cc3ccc([S+](=O)(O)O)cc3)cc2)cc1. The smallest absolute Gasteiger partial charge is 0.385 e. The van der Waals surface area contributed by atoms with E-state index in [0.29, 0.717) is 29.8 Å². The van der Waals surface area contributed by atoms with Crippen LogP contribution in [0, 0.1) is 0 Å². The summed E-state index contributed by atoms with van der Waals surface area (Å²) in [4.78, 5) is 13.6. The van der Waals surface area contributed by atoms with Crippen molar-refractivity contribution in [2.24, 2.45) is 0 Å². The van der Waals surface area contributed by atoms with Gasteiger partial charge in [-0.05, 0) is 88.9 Å². The van der Waals surface area contributed by atoms with Crippen LogP contribution in [0.5, 0.6) is 0 Å². The van der Waals surface area contributed by atoms with Gasteiger partial charge in [-0.3, -0.25) is 9.35 Å². The fourth-order valence-electron chi connectivity index (χ4n) is 4.58. The third kappa shape index (κ3) is 7.26. The quantitative estimate of drug-likeness (QED) is 0.172. The maximum absolute atomic E-state index is 12.3. The second-order valence-electron chi connectivity index (χ2n) is 9.32. The summed E-state index contributed by atoms with van der Waals surface area (Å²) >= 11 is 0. The summed E-state index contributed by atoms with van der Waals surface area (Å²) < 4.78 is 64.7. The number of hydrogen-bond donors (Lipinski definition) is 4. The Kier molecular flexibility index (Phi) is 9.05. The molecule has 0 aliphatic heterocycles. The van der Waals surface area contributed by atoms with E-state index < -0.39 is 31.3 Å². The van der Waals surface area contributed by atoms with Gasteiger partial charge in [-0.2, -0.15) is 17.5 Å². The van der Waals surface area contributed by atoms with Crippen molar-refractivity contribution in [1.29, 1.82) is 0 Å². The van der Waals surface area contributed by atoms with Crippen LogP contribution in [0.15, 0.2) is 106 Å². The number of rotatable bonds is 10. The van der Waals surface area contributed by atoms with Crippen molar-refractivity contribution in [3.8, 4) is 0 Å². The summed E-state index contributed by atoms with van der Waals surface area (Å²) in [7, 11) is -8.72. The first kappa shape index (κ1) is 30.1. The van der Waals surface area contributed by atoms with Crippen LogP contribution >= 0.6 is 0 Å².